The van der Waals surface area contributed by atoms with Crippen molar-refractivity contribution in [2.24, 2.45) is 5.92 Å². The second-order valence-corrected chi connectivity index (χ2v) is 10.9. The number of aryl methyl sites for hydroxylation is 2. The molecule has 210 valence electrons. The molecule has 0 aliphatic carbocycles. The number of likely N-dealkylation sites (tertiary alicyclic amines) is 1. The lowest BCUT2D eigenvalue weighted by Gasteiger charge is -2.36. The van der Waals surface area contributed by atoms with Gasteiger partial charge >= 0.3 is 0 Å². The van der Waals surface area contributed by atoms with Crippen molar-refractivity contribution in [1.82, 2.24) is 29.7 Å². The third-order valence-corrected chi connectivity index (χ3v) is 8.23. The van der Waals surface area contributed by atoms with E-state index in [4.69, 9.17) is 4.74 Å². The van der Waals surface area contributed by atoms with Crippen molar-refractivity contribution in [3.63, 3.8) is 0 Å². The minimum atomic E-state index is -0.258. The van der Waals surface area contributed by atoms with Crippen LogP contribution in [0.2, 0.25) is 0 Å². The van der Waals surface area contributed by atoms with Crippen LogP contribution < -0.4 is 15.6 Å². The zero-order valence-corrected chi connectivity index (χ0v) is 24.0. The van der Waals surface area contributed by atoms with Gasteiger partial charge in [0, 0.05) is 40.6 Å². The number of fused-ring (bicyclic) bond motifs is 1. The topological polar surface area (TPSA) is 105 Å². The molecule has 1 aromatic carbocycles. The maximum atomic E-state index is 13.6. The molecule has 40 heavy (non-hydrogen) atoms. The maximum Gasteiger partial charge on any atom is 0.256 e. The molecule has 1 amide bonds. The van der Waals surface area contributed by atoms with E-state index in [1.54, 1.807) is 19.3 Å². The van der Waals surface area contributed by atoms with Gasteiger partial charge in [0.15, 0.2) is 0 Å². The molecule has 0 bridgehead atoms. The van der Waals surface area contributed by atoms with Crippen LogP contribution in [-0.4, -0.2) is 50.5 Å². The third kappa shape index (κ3) is 5.51. The normalized spacial score (nSPS) is 15.3. The number of ether oxygens (including phenoxy) is 1. The summed E-state index contributed by atoms with van der Waals surface area (Å²) >= 11 is 0. The molecule has 1 fully saturated rings. The van der Waals surface area contributed by atoms with E-state index in [9.17, 15) is 9.59 Å². The highest BCUT2D eigenvalue weighted by Crippen LogP contribution is 2.36. The van der Waals surface area contributed by atoms with Crippen LogP contribution in [0.5, 0.6) is 5.75 Å². The van der Waals surface area contributed by atoms with Crippen molar-refractivity contribution in [1.29, 1.82) is 0 Å². The van der Waals surface area contributed by atoms with Crippen LogP contribution in [0.25, 0.3) is 10.9 Å². The smallest absolute Gasteiger partial charge is 0.256 e. The van der Waals surface area contributed by atoms with Gasteiger partial charge in [-0.2, -0.15) is 0 Å². The molecule has 1 aliphatic rings. The summed E-state index contributed by atoms with van der Waals surface area (Å²) in [7, 11) is 1.53. The lowest BCUT2D eigenvalue weighted by molar-refractivity contribution is 0.0951. The van der Waals surface area contributed by atoms with Crippen LogP contribution in [0.3, 0.4) is 0 Å². The maximum absolute atomic E-state index is 13.6. The minimum Gasteiger partial charge on any atom is -0.496 e. The highest BCUT2D eigenvalue weighted by molar-refractivity contribution is 6.08. The number of carbonyl (C=O) groups excluding carboxylic acids is 1. The standard InChI is InChI=1S/C31H38N6O3/c1-19-14-24(34-18-33-19)17-36-12-10-23(11-13-36)21(3)37-22(4)29(25-8-6-7-9-27(25)37)31(39)32-16-26-28(40-5)15-20(2)35-30(26)38/h6-9,14-15,18,21,23H,10-13,16-17H2,1-5H3,(H,32,39)(H,35,38)/t21-/m1/s1. The molecule has 9 nitrogen and oxygen atoms in total. The van der Waals surface area contributed by atoms with Gasteiger partial charge in [-0.3, -0.25) is 14.5 Å². The van der Waals surface area contributed by atoms with Crippen molar-refractivity contribution >= 4 is 16.8 Å². The predicted molar refractivity (Wildman–Crippen MR) is 156 cm³/mol. The molecule has 0 spiro atoms. The van der Waals surface area contributed by atoms with Crippen molar-refractivity contribution < 1.29 is 9.53 Å². The Hall–Kier alpha value is -3.98. The molecule has 4 heterocycles. The highest BCUT2D eigenvalue weighted by atomic mass is 16.5. The van der Waals surface area contributed by atoms with Crippen molar-refractivity contribution in [2.75, 3.05) is 20.2 Å². The SMILES string of the molecule is COc1cc(C)[nH]c(=O)c1CNC(=O)c1c(C)n([C@H](C)C2CCN(Cc3cc(C)ncn3)CC2)c2ccccc12. The molecule has 0 unspecified atom stereocenters. The summed E-state index contributed by atoms with van der Waals surface area (Å²) in [5.41, 5.74) is 5.56. The Morgan fingerprint density at radius 1 is 1.15 bits per heavy atom. The number of hydrogen-bond acceptors (Lipinski definition) is 6. The largest absolute Gasteiger partial charge is 0.496 e. The molecule has 2 N–H and O–H groups in total. The second kappa shape index (κ2) is 11.6. The van der Waals surface area contributed by atoms with Crippen molar-refractivity contribution in [3.8, 4) is 5.75 Å². The molecule has 1 saturated heterocycles. The molecule has 3 aromatic heterocycles. The number of hydrogen-bond donors (Lipinski definition) is 2. The Bertz CT molecular complexity index is 1580. The van der Waals surface area contributed by atoms with E-state index in [1.807, 2.05) is 32.0 Å². The van der Waals surface area contributed by atoms with Crippen LogP contribution in [0, 0.1) is 26.7 Å². The second-order valence-electron chi connectivity index (χ2n) is 10.9. The molecular formula is C31H38N6O3. The Morgan fingerprint density at radius 3 is 2.62 bits per heavy atom. The van der Waals surface area contributed by atoms with Gasteiger partial charge in [-0.25, -0.2) is 9.97 Å². The van der Waals surface area contributed by atoms with Gasteiger partial charge in [-0.15, -0.1) is 0 Å². The summed E-state index contributed by atoms with van der Waals surface area (Å²) in [5, 5.41) is 3.90. The number of aromatic amines is 1. The number of rotatable bonds is 8. The molecule has 0 saturated carbocycles. The summed E-state index contributed by atoms with van der Waals surface area (Å²) in [6.45, 7) is 11.0. The molecule has 0 radical (unpaired) electrons. The van der Waals surface area contributed by atoms with Gasteiger partial charge in [-0.05, 0) is 77.7 Å². The average molecular weight is 543 g/mol. The fraction of sp³-hybridized carbons (Fsp3) is 0.419. The van der Waals surface area contributed by atoms with Gasteiger partial charge in [0.2, 0.25) is 0 Å². The van der Waals surface area contributed by atoms with Gasteiger partial charge in [0.25, 0.3) is 11.5 Å². The molecule has 5 rings (SSSR count). The predicted octanol–water partition coefficient (Wildman–Crippen LogP) is 4.46. The van der Waals surface area contributed by atoms with E-state index in [0.717, 1.165) is 60.5 Å². The number of benzene rings is 1. The first-order valence-corrected chi connectivity index (χ1v) is 13.9. The van der Waals surface area contributed by atoms with E-state index in [-0.39, 0.29) is 24.1 Å². The van der Waals surface area contributed by atoms with Crippen LogP contribution in [0.15, 0.2) is 47.5 Å². The monoisotopic (exact) mass is 542 g/mol. The van der Waals surface area contributed by atoms with E-state index < -0.39 is 0 Å². The first kappa shape index (κ1) is 27.6. The number of H-pyrrole nitrogens is 1. The minimum absolute atomic E-state index is 0.0798. The fourth-order valence-electron chi connectivity index (χ4n) is 6.13. The number of nitrogens with zero attached hydrogens (tertiary/aromatic N) is 4. The van der Waals surface area contributed by atoms with Crippen LogP contribution >= 0.6 is 0 Å². The summed E-state index contributed by atoms with van der Waals surface area (Å²) in [6.07, 6.45) is 3.80. The number of nitrogens with one attached hydrogen (secondary N) is 2. The number of carbonyl (C=O) groups is 1. The number of methoxy groups -OCH3 is 1. The van der Waals surface area contributed by atoms with Crippen LogP contribution in [-0.2, 0) is 13.1 Å². The summed E-state index contributed by atoms with van der Waals surface area (Å²) in [6, 6.07) is 12.1. The Labute approximate surface area is 234 Å². The van der Waals surface area contributed by atoms with Gasteiger partial charge in [0.05, 0.1) is 30.5 Å². The van der Waals surface area contributed by atoms with Gasteiger partial charge < -0.3 is 19.6 Å². The van der Waals surface area contributed by atoms with Crippen molar-refractivity contribution in [2.45, 2.75) is 59.7 Å². The number of piperidine rings is 1. The summed E-state index contributed by atoms with van der Waals surface area (Å²) < 4.78 is 7.73. The molecule has 1 aliphatic heterocycles. The zero-order valence-electron chi connectivity index (χ0n) is 24.0. The molecule has 1 atom stereocenters. The summed E-state index contributed by atoms with van der Waals surface area (Å²) in [4.78, 5) is 40.0. The number of pyridine rings is 1. The molecular weight excluding hydrogens is 504 g/mol. The van der Waals surface area contributed by atoms with Crippen LogP contribution in [0.1, 0.15) is 64.5 Å². The average Bonchev–Trinajstić information content (AvgIpc) is 3.23. The third-order valence-electron chi connectivity index (χ3n) is 8.23. The van der Waals surface area contributed by atoms with E-state index in [2.05, 4.69) is 48.8 Å². The van der Waals surface area contributed by atoms with Crippen LogP contribution in [0.4, 0.5) is 0 Å². The summed E-state index contributed by atoms with van der Waals surface area (Å²) in [5.74, 6) is 0.760. The quantitative estimate of drug-likeness (QED) is 0.341. The lowest BCUT2D eigenvalue weighted by Crippen LogP contribution is -2.36. The Kier molecular flexibility index (Phi) is 8.02. The number of amides is 1. The molecule has 9 heteroatoms. The Balaban J connectivity index is 1.34. The fourth-order valence-corrected chi connectivity index (χ4v) is 6.13. The highest BCUT2D eigenvalue weighted by Gasteiger charge is 2.29. The van der Waals surface area contributed by atoms with Crippen molar-refractivity contribution in [3.05, 3.63) is 87.0 Å². The van der Waals surface area contributed by atoms with E-state index >= 15 is 0 Å². The Morgan fingerprint density at radius 2 is 1.90 bits per heavy atom. The van der Waals surface area contributed by atoms with E-state index in [0.29, 0.717) is 28.5 Å². The van der Waals surface area contributed by atoms with E-state index in [1.165, 1.54) is 7.11 Å². The molecule has 4 aromatic rings. The van der Waals surface area contributed by atoms with Gasteiger partial charge in [0.1, 0.15) is 12.1 Å². The number of para-hydroxylation sites is 1. The zero-order chi connectivity index (χ0) is 28.4. The number of aromatic nitrogens is 4. The van der Waals surface area contributed by atoms with Gasteiger partial charge in [-0.1, -0.05) is 18.2 Å². The lowest BCUT2D eigenvalue weighted by atomic mass is 9.89. The first-order chi connectivity index (χ1) is 19.3. The first-order valence-electron chi connectivity index (χ1n) is 13.9.